The van der Waals surface area contributed by atoms with Gasteiger partial charge in [-0.15, -0.1) is 0 Å². The number of nitrogens with two attached hydrogens (primary N) is 1. The molecule has 3 N–H and O–H groups in total. The van der Waals surface area contributed by atoms with E-state index in [1.54, 1.807) is 19.3 Å². The van der Waals surface area contributed by atoms with Gasteiger partial charge in [0, 0.05) is 50.7 Å². The molecule has 0 radical (unpaired) electrons. The zero-order chi connectivity index (χ0) is 26.6. The molecule has 1 fully saturated rings. The summed E-state index contributed by atoms with van der Waals surface area (Å²) in [6.07, 6.45) is 8.00. The molecule has 10 heteroatoms. The van der Waals surface area contributed by atoms with Gasteiger partial charge in [0.1, 0.15) is 30.3 Å². The van der Waals surface area contributed by atoms with Crippen molar-refractivity contribution in [1.29, 1.82) is 0 Å². The number of hydrogen-bond donors (Lipinski definition) is 2. The predicted octanol–water partition coefficient (Wildman–Crippen LogP) is 1.93. The number of primary amides is 1. The van der Waals surface area contributed by atoms with Crippen LogP contribution in [0.2, 0.25) is 0 Å². The molecule has 0 saturated carbocycles. The summed E-state index contributed by atoms with van der Waals surface area (Å²) in [6.45, 7) is 2.13. The fraction of sp³-hybridized carbons (Fsp3) is 0.444. The lowest BCUT2D eigenvalue weighted by Gasteiger charge is -2.31. The van der Waals surface area contributed by atoms with Crippen molar-refractivity contribution in [3.8, 4) is 11.8 Å². The number of nitrogens with one attached hydrogen (secondary N) is 1. The van der Waals surface area contributed by atoms with Gasteiger partial charge in [0.25, 0.3) is 5.91 Å². The Kier molecular flexibility index (Phi) is 10.7. The first-order chi connectivity index (χ1) is 18.0. The van der Waals surface area contributed by atoms with Gasteiger partial charge in [0.2, 0.25) is 0 Å². The fourth-order valence-electron chi connectivity index (χ4n) is 4.34. The summed E-state index contributed by atoms with van der Waals surface area (Å²) in [5.74, 6) is 7.22. The topological polar surface area (TPSA) is 131 Å². The SMILES string of the molecule is CNOC(CCC=O)N(C)Cc1c(C#CCC2CCN(c3cnc(C(N)=O)cn3)CC2)cccc1C=O. The number of benzene rings is 1. The molecule has 3 rings (SSSR count). The van der Waals surface area contributed by atoms with Crippen LogP contribution < -0.4 is 16.1 Å². The molecule has 1 amide bonds. The quantitative estimate of drug-likeness (QED) is 0.192. The second-order valence-corrected chi connectivity index (χ2v) is 8.99. The van der Waals surface area contributed by atoms with Crippen LogP contribution in [-0.2, 0) is 16.2 Å². The number of nitrogens with zero attached hydrogens (tertiary/aromatic N) is 4. The second-order valence-electron chi connectivity index (χ2n) is 8.99. The Labute approximate surface area is 217 Å². The molecule has 2 heterocycles. The normalized spacial score (nSPS) is 14.6. The number of hydroxylamine groups is 1. The number of amides is 1. The minimum atomic E-state index is -0.589. The average molecular weight is 507 g/mol. The highest BCUT2D eigenvalue weighted by Gasteiger charge is 2.21. The van der Waals surface area contributed by atoms with Crippen molar-refractivity contribution in [2.24, 2.45) is 11.7 Å². The molecule has 10 nitrogen and oxygen atoms in total. The molecule has 196 valence electrons. The van der Waals surface area contributed by atoms with Gasteiger partial charge in [-0.25, -0.2) is 15.4 Å². The third kappa shape index (κ3) is 7.92. The molecule has 0 bridgehead atoms. The largest absolute Gasteiger partial charge is 0.364 e. The Morgan fingerprint density at radius 2 is 2.08 bits per heavy atom. The van der Waals surface area contributed by atoms with E-state index < -0.39 is 5.91 Å². The first-order valence-electron chi connectivity index (χ1n) is 12.4. The highest BCUT2D eigenvalue weighted by Crippen LogP contribution is 2.24. The van der Waals surface area contributed by atoms with Crippen molar-refractivity contribution in [2.75, 3.05) is 32.1 Å². The summed E-state index contributed by atoms with van der Waals surface area (Å²) in [5, 5.41) is 0. The van der Waals surface area contributed by atoms with Crippen LogP contribution in [-0.4, -0.2) is 66.8 Å². The summed E-state index contributed by atoms with van der Waals surface area (Å²) >= 11 is 0. The third-order valence-electron chi connectivity index (χ3n) is 6.47. The van der Waals surface area contributed by atoms with E-state index >= 15 is 0 Å². The molecule has 1 aliphatic rings. The summed E-state index contributed by atoms with van der Waals surface area (Å²) in [6, 6.07) is 5.56. The zero-order valence-electron chi connectivity index (χ0n) is 21.4. The van der Waals surface area contributed by atoms with E-state index in [9.17, 15) is 14.4 Å². The average Bonchev–Trinajstić information content (AvgIpc) is 2.92. The Bertz CT molecular complexity index is 1120. The van der Waals surface area contributed by atoms with E-state index in [0.717, 1.165) is 61.9 Å². The maximum atomic E-state index is 11.8. The summed E-state index contributed by atoms with van der Waals surface area (Å²) in [5.41, 5.74) is 10.3. The van der Waals surface area contributed by atoms with E-state index in [0.29, 0.717) is 30.9 Å². The van der Waals surface area contributed by atoms with E-state index in [2.05, 4.69) is 32.2 Å². The molecule has 1 aliphatic heterocycles. The van der Waals surface area contributed by atoms with E-state index in [-0.39, 0.29) is 11.9 Å². The van der Waals surface area contributed by atoms with Gasteiger partial charge >= 0.3 is 0 Å². The molecule has 37 heavy (non-hydrogen) atoms. The van der Waals surface area contributed by atoms with Crippen LogP contribution in [0.5, 0.6) is 0 Å². The highest BCUT2D eigenvalue weighted by atomic mass is 16.7. The Hall–Kier alpha value is -3.65. The Balaban J connectivity index is 1.62. The van der Waals surface area contributed by atoms with Crippen molar-refractivity contribution in [3.05, 3.63) is 53.0 Å². The molecular formula is C27H34N6O4. The monoisotopic (exact) mass is 506 g/mol. The number of carbonyl (C=O) groups excluding carboxylic acids is 3. The van der Waals surface area contributed by atoms with Gasteiger partial charge < -0.3 is 15.4 Å². The standard InChI is InChI=1S/C27H34N6O4/c1-29-37-26(10-5-15-34)32(2)18-23-21(8-4-9-22(23)19-35)7-3-6-20-11-13-33(14-12-20)25-17-30-24(16-31-25)27(28)36/h4,8-9,15-17,19-20,26,29H,5-6,10-14,18H2,1-2H3,(H2,28,36). The number of piperidine rings is 1. The second kappa shape index (κ2) is 14.2. The van der Waals surface area contributed by atoms with Gasteiger partial charge in [-0.05, 0) is 43.9 Å². The van der Waals surface area contributed by atoms with E-state index in [1.165, 1.54) is 6.20 Å². The lowest BCUT2D eigenvalue weighted by atomic mass is 9.93. The highest BCUT2D eigenvalue weighted by molar-refractivity contribution is 5.90. The molecule has 0 aliphatic carbocycles. The predicted molar refractivity (Wildman–Crippen MR) is 140 cm³/mol. The Morgan fingerprint density at radius 3 is 2.70 bits per heavy atom. The van der Waals surface area contributed by atoms with E-state index in [4.69, 9.17) is 10.6 Å². The van der Waals surface area contributed by atoms with Crippen LogP contribution in [0.15, 0.2) is 30.6 Å². The zero-order valence-corrected chi connectivity index (χ0v) is 21.4. The smallest absolute Gasteiger partial charge is 0.268 e. The number of aldehydes is 2. The van der Waals surface area contributed by atoms with Gasteiger partial charge in [-0.2, -0.15) is 0 Å². The molecule has 1 aromatic carbocycles. The van der Waals surface area contributed by atoms with Crippen molar-refractivity contribution in [1.82, 2.24) is 20.3 Å². The number of rotatable bonds is 12. The first kappa shape index (κ1) is 27.9. The Morgan fingerprint density at radius 1 is 1.30 bits per heavy atom. The molecule has 1 saturated heterocycles. The van der Waals surface area contributed by atoms with Crippen molar-refractivity contribution in [3.63, 3.8) is 0 Å². The van der Waals surface area contributed by atoms with Crippen LogP contribution in [0, 0.1) is 17.8 Å². The van der Waals surface area contributed by atoms with Gasteiger partial charge in [-0.1, -0.05) is 24.0 Å². The summed E-state index contributed by atoms with van der Waals surface area (Å²) in [4.78, 5) is 51.9. The van der Waals surface area contributed by atoms with Crippen LogP contribution in [0.4, 0.5) is 5.82 Å². The molecular weight excluding hydrogens is 472 g/mol. The lowest BCUT2D eigenvalue weighted by molar-refractivity contribution is -0.115. The molecule has 0 spiro atoms. The van der Waals surface area contributed by atoms with Gasteiger partial charge in [0.15, 0.2) is 0 Å². The van der Waals surface area contributed by atoms with Crippen LogP contribution in [0.25, 0.3) is 0 Å². The molecule has 2 aromatic rings. The number of hydrogen-bond acceptors (Lipinski definition) is 9. The molecule has 1 atom stereocenters. The number of carbonyl (C=O) groups is 3. The number of aromatic nitrogens is 2. The van der Waals surface area contributed by atoms with Gasteiger partial charge in [-0.3, -0.25) is 19.3 Å². The third-order valence-corrected chi connectivity index (χ3v) is 6.47. The fourth-order valence-corrected chi connectivity index (χ4v) is 4.34. The van der Waals surface area contributed by atoms with Crippen molar-refractivity contribution < 1.29 is 19.2 Å². The van der Waals surface area contributed by atoms with Crippen LogP contribution >= 0.6 is 0 Å². The molecule has 1 unspecified atom stereocenters. The van der Waals surface area contributed by atoms with Crippen LogP contribution in [0.1, 0.15) is 64.1 Å². The minimum absolute atomic E-state index is 0.157. The van der Waals surface area contributed by atoms with Crippen molar-refractivity contribution >= 4 is 24.3 Å². The summed E-state index contributed by atoms with van der Waals surface area (Å²) < 4.78 is 0. The number of anilines is 1. The minimum Gasteiger partial charge on any atom is -0.364 e. The molecule has 1 aromatic heterocycles. The van der Waals surface area contributed by atoms with Gasteiger partial charge in [0.05, 0.1) is 12.4 Å². The summed E-state index contributed by atoms with van der Waals surface area (Å²) in [7, 11) is 3.57. The maximum absolute atomic E-state index is 11.8. The van der Waals surface area contributed by atoms with Crippen LogP contribution in [0.3, 0.4) is 0 Å². The van der Waals surface area contributed by atoms with Crippen molar-refractivity contribution in [2.45, 2.75) is 44.9 Å². The first-order valence-corrected chi connectivity index (χ1v) is 12.4. The van der Waals surface area contributed by atoms with E-state index in [1.807, 2.05) is 24.1 Å². The lowest BCUT2D eigenvalue weighted by Crippen LogP contribution is -2.37. The maximum Gasteiger partial charge on any atom is 0.268 e.